The van der Waals surface area contributed by atoms with Gasteiger partial charge in [-0.1, -0.05) is 18.7 Å². The number of rotatable bonds is 5. The first kappa shape index (κ1) is 17.3. The molecule has 24 heavy (non-hydrogen) atoms. The first-order valence-corrected chi connectivity index (χ1v) is 9.58. The van der Waals surface area contributed by atoms with Crippen LogP contribution in [-0.2, 0) is 16.6 Å². The van der Waals surface area contributed by atoms with Gasteiger partial charge in [-0.05, 0) is 25.7 Å². The molecule has 1 aromatic heterocycles. The molecule has 2 aliphatic rings. The molecule has 3 rings (SSSR count). The third-order valence-electron chi connectivity index (χ3n) is 5.02. The molecule has 2 fully saturated rings. The lowest BCUT2D eigenvalue weighted by molar-refractivity contribution is -0.146. The molecule has 2 amide bonds. The number of likely N-dealkylation sites (tertiary alicyclic amines) is 2. The molecule has 2 aliphatic heterocycles. The zero-order chi connectivity index (χ0) is 17.2. The van der Waals surface area contributed by atoms with E-state index in [1.807, 2.05) is 16.8 Å². The number of piperidine rings is 1. The van der Waals surface area contributed by atoms with Crippen molar-refractivity contribution >= 4 is 23.6 Å². The van der Waals surface area contributed by atoms with Gasteiger partial charge in [-0.3, -0.25) is 9.59 Å². The Morgan fingerprint density at radius 1 is 1.38 bits per heavy atom. The molecule has 1 aromatic rings. The minimum absolute atomic E-state index is 0.0836. The fourth-order valence-electron chi connectivity index (χ4n) is 3.72. The van der Waals surface area contributed by atoms with Crippen molar-refractivity contribution in [1.29, 1.82) is 0 Å². The molecule has 1 spiro atoms. The van der Waals surface area contributed by atoms with Crippen LogP contribution in [0.1, 0.15) is 32.6 Å². The highest BCUT2D eigenvalue weighted by molar-refractivity contribution is 7.99. The maximum Gasteiger partial charge on any atom is 0.233 e. The van der Waals surface area contributed by atoms with Crippen LogP contribution in [-0.4, -0.2) is 68.3 Å². The molecule has 8 heteroatoms. The van der Waals surface area contributed by atoms with Gasteiger partial charge in [-0.25, -0.2) is 0 Å². The van der Waals surface area contributed by atoms with Crippen LogP contribution in [0, 0.1) is 5.41 Å². The van der Waals surface area contributed by atoms with Crippen LogP contribution in [0.15, 0.2) is 11.5 Å². The average Bonchev–Trinajstić information content (AvgIpc) is 3.17. The molecular formula is C16H25N5O2S. The van der Waals surface area contributed by atoms with Gasteiger partial charge in [0.2, 0.25) is 11.8 Å². The minimum atomic E-state index is -0.335. The highest BCUT2D eigenvalue weighted by Gasteiger charge is 2.49. The summed E-state index contributed by atoms with van der Waals surface area (Å²) in [4.78, 5) is 29.2. The van der Waals surface area contributed by atoms with E-state index in [2.05, 4.69) is 17.1 Å². The Morgan fingerprint density at radius 2 is 2.21 bits per heavy atom. The first-order valence-electron chi connectivity index (χ1n) is 8.60. The standard InChI is InChI=1S/C16H25N5O2S/c1-3-7-20-8-4-5-16(14(20)23)6-9-21(11-16)13(22)10-24-15-18-17-12-19(15)2/h12H,3-11H2,1-2H3/t16-/m1/s1. The van der Waals surface area contributed by atoms with Gasteiger partial charge in [0.25, 0.3) is 0 Å². The minimum Gasteiger partial charge on any atom is -0.342 e. The number of carbonyl (C=O) groups is 2. The van der Waals surface area contributed by atoms with Gasteiger partial charge in [0.15, 0.2) is 5.16 Å². The van der Waals surface area contributed by atoms with Gasteiger partial charge in [0.1, 0.15) is 6.33 Å². The third kappa shape index (κ3) is 3.29. The Balaban J connectivity index is 1.59. The molecule has 0 radical (unpaired) electrons. The summed E-state index contributed by atoms with van der Waals surface area (Å²) in [7, 11) is 1.86. The second-order valence-corrected chi connectivity index (χ2v) is 7.70. The average molecular weight is 351 g/mol. The van der Waals surface area contributed by atoms with Crippen molar-refractivity contribution in [1.82, 2.24) is 24.6 Å². The normalized spacial score (nSPS) is 24.2. The summed E-state index contributed by atoms with van der Waals surface area (Å²) in [6, 6.07) is 0. The van der Waals surface area contributed by atoms with Crippen LogP contribution in [0.2, 0.25) is 0 Å². The van der Waals surface area contributed by atoms with Crippen molar-refractivity contribution in [2.75, 3.05) is 31.9 Å². The smallest absolute Gasteiger partial charge is 0.233 e. The molecule has 0 aromatic carbocycles. The maximum absolute atomic E-state index is 12.9. The number of nitrogens with zero attached hydrogens (tertiary/aromatic N) is 5. The van der Waals surface area contributed by atoms with Crippen LogP contribution in [0.5, 0.6) is 0 Å². The van der Waals surface area contributed by atoms with Gasteiger partial charge in [-0.2, -0.15) is 0 Å². The number of aryl methyl sites for hydroxylation is 1. The van der Waals surface area contributed by atoms with Crippen LogP contribution in [0.4, 0.5) is 0 Å². The lowest BCUT2D eigenvalue weighted by Crippen LogP contribution is -2.50. The second-order valence-electron chi connectivity index (χ2n) is 6.75. The van der Waals surface area contributed by atoms with Crippen molar-refractivity contribution in [3.05, 3.63) is 6.33 Å². The molecule has 0 bridgehead atoms. The van der Waals surface area contributed by atoms with Gasteiger partial charge < -0.3 is 14.4 Å². The molecular weight excluding hydrogens is 326 g/mol. The van der Waals surface area contributed by atoms with Crippen molar-refractivity contribution in [2.24, 2.45) is 12.5 Å². The number of carbonyl (C=O) groups excluding carboxylic acids is 2. The Bertz CT molecular complexity index is 617. The van der Waals surface area contributed by atoms with Crippen LogP contribution < -0.4 is 0 Å². The zero-order valence-electron chi connectivity index (χ0n) is 14.4. The molecule has 132 valence electrons. The summed E-state index contributed by atoms with van der Waals surface area (Å²) < 4.78 is 1.80. The summed E-state index contributed by atoms with van der Waals surface area (Å²) in [6.07, 6.45) is 5.36. The van der Waals surface area contributed by atoms with Gasteiger partial charge in [0, 0.05) is 33.2 Å². The fraction of sp³-hybridized carbons (Fsp3) is 0.750. The van der Waals surface area contributed by atoms with Crippen molar-refractivity contribution in [3.8, 4) is 0 Å². The Morgan fingerprint density at radius 3 is 2.92 bits per heavy atom. The number of hydrogen-bond donors (Lipinski definition) is 0. The predicted octanol–water partition coefficient (Wildman–Crippen LogP) is 1.16. The summed E-state index contributed by atoms with van der Waals surface area (Å²) in [5.74, 6) is 0.683. The zero-order valence-corrected chi connectivity index (χ0v) is 15.2. The molecule has 0 saturated carbocycles. The van der Waals surface area contributed by atoms with Crippen molar-refractivity contribution in [2.45, 2.75) is 37.8 Å². The number of amides is 2. The molecule has 1 atom stereocenters. The van der Waals surface area contributed by atoms with Gasteiger partial charge >= 0.3 is 0 Å². The first-order chi connectivity index (χ1) is 11.6. The lowest BCUT2D eigenvalue weighted by Gasteiger charge is -2.39. The van der Waals surface area contributed by atoms with Crippen molar-refractivity contribution in [3.63, 3.8) is 0 Å². The van der Waals surface area contributed by atoms with Crippen LogP contribution in [0.25, 0.3) is 0 Å². The van der Waals surface area contributed by atoms with Crippen LogP contribution >= 0.6 is 11.8 Å². The monoisotopic (exact) mass is 351 g/mol. The lowest BCUT2D eigenvalue weighted by atomic mass is 9.78. The van der Waals surface area contributed by atoms with Crippen LogP contribution in [0.3, 0.4) is 0 Å². The molecule has 7 nitrogen and oxygen atoms in total. The Hall–Kier alpha value is -1.57. The number of aromatic nitrogens is 3. The summed E-state index contributed by atoms with van der Waals surface area (Å²) in [5.41, 5.74) is -0.335. The fourth-order valence-corrected chi connectivity index (χ4v) is 4.51. The second kappa shape index (κ2) is 7.13. The van der Waals surface area contributed by atoms with E-state index in [0.717, 1.165) is 43.9 Å². The third-order valence-corrected chi connectivity index (χ3v) is 6.04. The highest BCUT2D eigenvalue weighted by Crippen LogP contribution is 2.40. The highest BCUT2D eigenvalue weighted by atomic mass is 32.2. The van der Waals surface area contributed by atoms with Gasteiger partial charge in [0.05, 0.1) is 11.2 Å². The van der Waals surface area contributed by atoms with Gasteiger partial charge in [-0.15, -0.1) is 10.2 Å². The molecule has 0 aliphatic carbocycles. The Labute approximate surface area is 146 Å². The SMILES string of the molecule is CCCN1CCC[C@]2(CCN(C(=O)CSc3nncn3C)C2)C1=O. The van der Waals surface area contributed by atoms with E-state index in [0.29, 0.717) is 18.8 Å². The van der Waals surface area contributed by atoms with E-state index in [9.17, 15) is 9.59 Å². The number of hydrogen-bond acceptors (Lipinski definition) is 5. The quantitative estimate of drug-likeness (QED) is 0.745. The largest absolute Gasteiger partial charge is 0.342 e. The van der Waals surface area contributed by atoms with E-state index >= 15 is 0 Å². The molecule has 0 N–H and O–H groups in total. The van der Waals surface area contributed by atoms with Crippen molar-refractivity contribution < 1.29 is 9.59 Å². The van der Waals surface area contributed by atoms with E-state index < -0.39 is 0 Å². The van der Waals surface area contributed by atoms with E-state index in [1.54, 1.807) is 10.9 Å². The van der Waals surface area contributed by atoms with E-state index in [-0.39, 0.29) is 17.2 Å². The summed E-state index contributed by atoms with van der Waals surface area (Å²) in [6.45, 7) is 5.05. The number of thioether (sulfide) groups is 1. The summed E-state index contributed by atoms with van der Waals surface area (Å²) >= 11 is 1.40. The summed E-state index contributed by atoms with van der Waals surface area (Å²) in [5, 5.41) is 8.54. The maximum atomic E-state index is 12.9. The van der Waals surface area contributed by atoms with E-state index in [1.165, 1.54) is 11.8 Å². The molecule has 2 saturated heterocycles. The molecule has 3 heterocycles. The topological polar surface area (TPSA) is 71.3 Å². The Kier molecular flexibility index (Phi) is 5.12. The predicted molar refractivity (Wildman–Crippen MR) is 91.5 cm³/mol. The molecule has 0 unspecified atom stereocenters. The van der Waals surface area contributed by atoms with E-state index in [4.69, 9.17) is 0 Å².